The zero-order valence-corrected chi connectivity index (χ0v) is 34.5. The Balaban J connectivity index is 1.20. The van der Waals surface area contributed by atoms with Crippen LogP contribution < -0.4 is 0 Å². The van der Waals surface area contributed by atoms with Gasteiger partial charge in [-0.1, -0.05) is 137 Å². The van der Waals surface area contributed by atoms with Crippen LogP contribution in [0.3, 0.4) is 0 Å². The molecule has 2 aliphatic carbocycles. The number of thiophene rings is 2. The van der Waals surface area contributed by atoms with Crippen LogP contribution in [0.1, 0.15) is 49.9 Å². The summed E-state index contributed by atoms with van der Waals surface area (Å²) in [7, 11) is 0. The van der Waals surface area contributed by atoms with Crippen molar-refractivity contribution in [2.45, 2.75) is 38.5 Å². The van der Waals surface area contributed by atoms with Gasteiger partial charge in [0.1, 0.15) is 0 Å². The molecule has 274 valence electrons. The average Bonchev–Trinajstić information content (AvgIpc) is 3.99. The lowest BCUT2D eigenvalue weighted by Gasteiger charge is -2.26. The summed E-state index contributed by atoms with van der Waals surface area (Å²) in [4.78, 5) is 0. The van der Waals surface area contributed by atoms with Gasteiger partial charge in [-0.05, 0) is 146 Å². The summed E-state index contributed by atoms with van der Waals surface area (Å²) >= 11 is 3.71. The van der Waals surface area contributed by atoms with E-state index in [1.54, 1.807) is 0 Å². The zero-order valence-electron chi connectivity index (χ0n) is 32.8. The minimum absolute atomic E-state index is 0.148. The summed E-state index contributed by atoms with van der Waals surface area (Å²) in [6, 6.07) is 55.8. The highest BCUT2D eigenvalue weighted by Gasteiger charge is 2.39. The minimum atomic E-state index is -0.148. The Kier molecular flexibility index (Phi) is 6.43. The first kappa shape index (κ1) is 33.0. The molecular formula is C56H38S2. The number of fused-ring (bicyclic) bond motifs is 16. The van der Waals surface area contributed by atoms with E-state index in [1.165, 1.54) is 130 Å². The molecule has 0 fully saturated rings. The molecule has 0 radical (unpaired) electrons. The Labute approximate surface area is 345 Å². The molecule has 9 aromatic carbocycles. The van der Waals surface area contributed by atoms with Crippen molar-refractivity contribution >= 4 is 85.9 Å². The standard InChI is InChI=1S/C56H38S2/c1-55(2)47-17-9-5-13-33(47)39-23-21-37-41-25-32-28-44(46-30-58-50-20-12-8-16-36(46)50)52-38(22-24-40-34-14-6-10-18-48(34)56(3,4)54(40)52)42(32)26-31(41)27-43(51(37)53(39)55)45-29-57-49-19-11-7-15-35(45)49/h5-30H,1-4H3. The highest BCUT2D eigenvalue weighted by Crippen LogP contribution is 2.57. The van der Waals surface area contributed by atoms with Crippen LogP contribution in [0.15, 0.2) is 156 Å². The van der Waals surface area contributed by atoms with Crippen LogP contribution in [0.4, 0.5) is 0 Å². The predicted octanol–water partition coefficient (Wildman–Crippen LogP) is 16.7. The molecule has 2 heterocycles. The summed E-state index contributed by atoms with van der Waals surface area (Å²) in [5.41, 5.74) is 16.2. The molecule has 0 N–H and O–H groups in total. The molecule has 0 nitrogen and oxygen atoms in total. The first-order valence-electron chi connectivity index (χ1n) is 20.4. The fourth-order valence-corrected chi connectivity index (χ4v) is 13.3. The second-order valence-corrected chi connectivity index (χ2v) is 19.4. The monoisotopic (exact) mass is 774 g/mol. The lowest BCUT2D eigenvalue weighted by Crippen LogP contribution is -2.16. The van der Waals surface area contributed by atoms with Crippen LogP contribution >= 0.6 is 22.7 Å². The maximum atomic E-state index is 2.53. The summed E-state index contributed by atoms with van der Waals surface area (Å²) in [6.07, 6.45) is 0. The second-order valence-electron chi connectivity index (χ2n) is 17.6. The van der Waals surface area contributed by atoms with Gasteiger partial charge in [0, 0.05) is 42.1 Å². The van der Waals surface area contributed by atoms with Gasteiger partial charge in [0.25, 0.3) is 0 Å². The van der Waals surface area contributed by atoms with E-state index < -0.39 is 0 Å². The fourth-order valence-electron chi connectivity index (χ4n) is 11.3. The van der Waals surface area contributed by atoms with Crippen molar-refractivity contribution in [1.82, 2.24) is 0 Å². The number of hydrogen-bond acceptors (Lipinski definition) is 2. The second kappa shape index (κ2) is 11.3. The van der Waals surface area contributed by atoms with Gasteiger partial charge in [0.15, 0.2) is 0 Å². The molecule has 11 aromatic rings. The third-order valence-corrected chi connectivity index (χ3v) is 15.9. The Morgan fingerprint density at radius 1 is 0.328 bits per heavy atom. The average molecular weight is 775 g/mol. The Morgan fingerprint density at radius 3 is 1.21 bits per heavy atom. The Bertz CT molecular complexity index is 3380. The maximum absolute atomic E-state index is 2.53. The van der Waals surface area contributed by atoms with Crippen molar-refractivity contribution < 1.29 is 0 Å². The normalized spacial score (nSPS) is 14.8. The van der Waals surface area contributed by atoms with Crippen LogP contribution in [-0.2, 0) is 10.8 Å². The van der Waals surface area contributed by atoms with Gasteiger partial charge in [-0.3, -0.25) is 0 Å². The molecule has 0 bridgehead atoms. The molecule has 58 heavy (non-hydrogen) atoms. The highest BCUT2D eigenvalue weighted by molar-refractivity contribution is 7.18. The summed E-state index contributed by atoms with van der Waals surface area (Å²) in [5, 5.41) is 18.1. The van der Waals surface area contributed by atoms with Gasteiger partial charge < -0.3 is 0 Å². The fraction of sp³-hybridized carbons (Fsp3) is 0.107. The number of hydrogen-bond donors (Lipinski definition) is 0. The van der Waals surface area contributed by atoms with Crippen molar-refractivity contribution in [3.63, 3.8) is 0 Å². The van der Waals surface area contributed by atoms with Gasteiger partial charge in [0.05, 0.1) is 0 Å². The molecule has 2 heteroatoms. The summed E-state index contributed by atoms with van der Waals surface area (Å²) in [6.45, 7) is 9.72. The van der Waals surface area contributed by atoms with Crippen molar-refractivity contribution in [3.05, 3.63) is 179 Å². The van der Waals surface area contributed by atoms with E-state index in [2.05, 4.69) is 184 Å². The van der Waals surface area contributed by atoms with Gasteiger partial charge in [-0.2, -0.15) is 0 Å². The van der Waals surface area contributed by atoms with Crippen molar-refractivity contribution in [1.29, 1.82) is 0 Å². The SMILES string of the molecule is CC1(C)c2ccccc2-c2ccc3c(c(-c4csc5ccccc45)cc4cc5c(cc(-c6csc7ccccc67)c6c7c(ccc65)-c5ccccc5C7(C)C)cc43)c21. The first-order valence-corrected chi connectivity index (χ1v) is 22.2. The lowest BCUT2D eigenvalue weighted by molar-refractivity contribution is 0.666. The number of rotatable bonds is 2. The van der Waals surface area contributed by atoms with E-state index in [0.717, 1.165) is 0 Å². The lowest BCUT2D eigenvalue weighted by atomic mass is 9.77. The van der Waals surface area contributed by atoms with Gasteiger partial charge in [-0.15, -0.1) is 22.7 Å². The molecule has 2 aliphatic rings. The smallest absolute Gasteiger partial charge is 0.0349 e. The van der Waals surface area contributed by atoms with Crippen molar-refractivity contribution in [3.8, 4) is 44.5 Å². The molecule has 0 amide bonds. The summed E-state index contributed by atoms with van der Waals surface area (Å²) in [5.74, 6) is 0. The topological polar surface area (TPSA) is 0 Å². The van der Waals surface area contributed by atoms with Gasteiger partial charge >= 0.3 is 0 Å². The molecule has 0 saturated carbocycles. The molecular weight excluding hydrogens is 737 g/mol. The van der Waals surface area contributed by atoms with Crippen LogP contribution in [0.25, 0.3) is 108 Å². The van der Waals surface area contributed by atoms with Crippen LogP contribution in [0.5, 0.6) is 0 Å². The largest absolute Gasteiger partial charge is 0.143 e. The van der Waals surface area contributed by atoms with E-state index in [0.29, 0.717) is 0 Å². The molecule has 0 aliphatic heterocycles. The molecule has 0 atom stereocenters. The minimum Gasteiger partial charge on any atom is -0.143 e. The van der Waals surface area contributed by atoms with Crippen molar-refractivity contribution in [2.24, 2.45) is 0 Å². The molecule has 13 rings (SSSR count). The van der Waals surface area contributed by atoms with E-state index in [9.17, 15) is 0 Å². The van der Waals surface area contributed by atoms with Gasteiger partial charge in [0.2, 0.25) is 0 Å². The number of benzene rings is 9. The Morgan fingerprint density at radius 2 is 0.741 bits per heavy atom. The van der Waals surface area contributed by atoms with Gasteiger partial charge in [-0.25, -0.2) is 0 Å². The van der Waals surface area contributed by atoms with Crippen LogP contribution in [-0.4, -0.2) is 0 Å². The first-order chi connectivity index (χ1) is 28.3. The molecule has 0 spiro atoms. The third-order valence-electron chi connectivity index (χ3n) is 13.9. The van der Waals surface area contributed by atoms with Crippen LogP contribution in [0.2, 0.25) is 0 Å². The van der Waals surface area contributed by atoms with E-state index in [4.69, 9.17) is 0 Å². The van der Waals surface area contributed by atoms with E-state index in [1.807, 2.05) is 22.7 Å². The van der Waals surface area contributed by atoms with E-state index in [-0.39, 0.29) is 10.8 Å². The zero-order chi connectivity index (χ0) is 38.7. The van der Waals surface area contributed by atoms with Crippen LogP contribution in [0, 0.1) is 0 Å². The summed E-state index contributed by atoms with van der Waals surface area (Å²) < 4.78 is 2.66. The third kappa shape index (κ3) is 4.14. The molecule has 2 aromatic heterocycles. The highest BCUT2D eigenvalue weighted by atomic mass is 32.1. The molecule has 0 unspecified atom stereocenters. The van der Waals surface area contributed by atoms with Crippen molar-refractivity contribution in [2.75, 3.05) is 0 Å². The van der Waals surface area contributed by atoms with E-state index >= 15 is 0 Å². The molecule has 0 saturated heterocycles. The quantitative estimate of drug-likeness (QED) is 0.121. The maximum Gasteiger partial charge on any atom is 0.0349 e. The Hall–Kier alpha value is -6.06. The predicted molar refractivity (Wildman–Crippen MR) is 253 cm³/mol.